The van der Waals surface area contributed by atoms with Gasteiger partial charge in [-0.2, -0.15) is 0 Å². The van der Waals surface area contributed by atoms with Crippen molar-refractivity contribution >= 4 is 5.91 Å². The minimum Gasteiger partial charge on any atom is -0.496 e. The summed E-state index contributed by atoms with van der Waals surface area (Å²) in [6, 6.07) is 12.0. The predicted octanol–water partition coefficient (Wildman–Crippen LogP) is 3.86. The van der Waals surface area contributed by atoms with E-state index in [1.807, 2.05) is 43.4 Å². The van der Waals surface area contributed by atoms with Gasteiger partial charge in [-0.1, -0.05) is 31.0 Å². The van der Waals surface area contributed by atoms with Crippen molar-refractivity contribution in [1.29, 1.82) is 0 Å². The van der Waals surface area contributed by atoms with Gasteiger partial charge in [0.25, 0.3) is 0 Å². The topological polar surface area (TPSA) is 45.9 Å². The van der Waals surface area contributed by atoms with E-state index in [0.29, 0.717) is 13.1 Å². The number of furan rings is 1. The molecule has 1 aromatic carbocycles. The highest BCUT2D eigenvalue weighted by Gasteiger charge is 2.27. The first-order valence-electron chi connectivity index (χ1n) is 9.32. The number of carbonyl (C=O) groups is 1. The largest absolute Gasteiger partial charge is 0.496 e. The number of para-hydroxylation sites is 1. The number of hydrogen-bond acceptors (Lipinski definition) is 4. The molecule has 1 fully saturated rings. The van der Waals surface area contributed by atoms with Gasteiger partial charge in [-0.05, 0) is 37.6 Å². The molecule has 5 heteroatoms. The lowest BCUT2D eigenvalue weighted by Gasteiger charge is -2.29. The molecule has 140 valence electrons. The number of likely N-dealkylation sites (tertiary alicyclic amines) is 1. The summed E-state index contributed by atoms with van der Waals surface area (Å²) in [5.41, 5.74) is 1.02. The number of benzene rings is 1. The highest BCUT2D eigenvalue weighted by molar-refractivity contribution is 5.78. The standard InChI is InChI=1S/C21H28N2O3/c1-22(15-17-9-5-6-11-19(17)25-2)21(24)16-23-13-7-3-4-10-18(23)20-12-8-14-26-20/h5-6,8-9,11-12,14,18H,3-4,7,10,13,15-16H2,1-2H3. The molecule has 26 heavy (non-hydrogen) atoms. The second kappa shape index (κ2) is 8.90. The number of hydrogen-bond donors (Lipinski definition) is 0. The van der Waals surface area contributed by atoms with Crippen LogP contribution in [0, 0.1) is 0 Å². The fraction of sp³-hybridized carbons (Fsp3) is 0.476. The Labute approximate surface area is 155 Å². The Morgan fingerprint density at radius 1 is 1.23 bits per heavy atom. The van der Waals surface area contributed by atoms with Gasteiger partial charge in [-0.15, -0.1) is 0 Å². The Morgan fingerprint density at radius 2 is 2.08 bits per heavy atom. The van der Waals surface area contributed by atoms with Crippen molar-refractivity contribution < 1.29 is 13.9 Å². The van der Waals surface area contributed by atoms with Crippen LogP contribution in [0.2, 0.25) is 0 Å². The van der Waals surface area contributed by atoms with Gasteiger partial charge >= 0.3 is 0 Å². The van der Waals surface area contributed by atoms with Crippen LogP contribution in [0.25, 0.3) is 0 Å². The Balaban J connectivity index is 1.66. The molecule has 1 amide bonds. The lowest BCUT2D eigenvalue weighted by molar-refractivity contribution is -0.132. The minimum atomic E-state index is 0.120. The van der Waals surface area contributed by atoms with Gasteiger partial charge in [0.1, 0.15) is 11.5 Å². The van der Waals surface area contributed by atoms with Gasteiger partial charge in [0.15, 0.2) is 0 Å². The van der Waals surface area contributed by atoms with E-state index in [0.717, 1.165) is 36.5 Å². The van der Waals surface area contributed by atoms with Crippen molar-refractivity contribution in [2.75, 3.05) is 27.2 Å². The molecule has 2 heterocycles. The lowest BCUT2D eigenvalue weighted by atomic mass is 10.1. The molecule has 1 atom stereocenters. The molecule has 0 bridgehead atoms. The van der Waals surface area contributed by atoms with E-state index >= 15 is 0 Å². The molecule has 0 N–H and O–H groups in total. The van der Waals surface area contributed by atoms with Crippen molar-refractivity contribution in [1.82, 2.24) is 9.80 Å². The first-order chi connectivity index (χ1) is 12.7. The lowest BCUT2D eigenvalue weighted by Crippen LogP contribution is -2.40. The third kappa shape index (κ3) is 4.47. The zero-order valence-electron chi connectivity index (χ0n) is 15.7. The molecule has 0 aliphatic carbocycles. The van der Waals surface area contributed by atoms with Crippen molar-refractivity contribution in [2.24, 2.45) is 0 Å². The maximum absolute atomic E-state index is 12.9. The van der Waals surface area contributed by atoms with Crippen LogP contribution in [-0.2, 0) is 11.3 Å². The van der Waals surface area contributed by atoms with Gasteiger partial charge < -0.3 is 14.1 Å². The first kappa shape index (κ1) is 18.5. The van der Waals surface area contributed by atoms with Crippen LogP contribution in [-0.4, -0.2) is 43.0 Å². The molecule has 0 radical (unpaired) electrons. The highest BCUT2D eigenvalue weighted by atomic mass is 16.5. The number of carbonyl (C=O) groups excluding carboxylic acids is 1. The summed E-state index contributed by atoms with van der Waals surface area (Å²) < 4.78 is 11.0. The van der Waals surface area contributed by atoms with Crippen LogP contribution < -0.4 is 4.74 Å². The molecule has 2 aromatic rings. The fourth-order valence-corrected chi connectivity index (χ4v) is 3.63. The number of rotatable bonds is 6. The summed E-state index contributed by atoms with van der Waals surface area (Å²) in [5.74, 6) is 1.90. The second-order valence-corrected chi connectivity index (χ2v) is 6.91. The molecule has 0 saturated carbocycles. The van der Waals surface area contributed by atoms with Crippen LogP contribution >= 0.6 is 0 Å². The molecule has 5 nitrogen and oxygen atoms in total. The predicted molar refractivity (Wildman–Crippen MR) is 101 cm³/mol. The summed E-state index contributed by atoms with van der Waals surface area (Å²) >= 11 is 0. The van der Waals surface area contributed by atoms with E-state index < -0.39 is 0 Å². The van der Waals surface area contributed by atoms with E-state index in [4.69, 9.17) is 9.15 Å². The maximum Gasteiger partial charge on any atom is 0.236 e. The summed E-state index contributed by atoms with van der Waals surface area (Å²) in [7, 11) is 3.51. The number of nitrogens with zero attached hydrogens (tertiary/aromatic N) is 2. The van der Waals surface area contributed by atoms with E-state index in [9.17, 15) is 4.79 Å². The van der Waals surface area contributed by atoms with E-state index in [2.05, 4.69) is 4.90 Å². The molecule has 3 rings (SSSR count). The first-order valence-corrected chi connectivity index (χ1v) is 9.32. The van der Waals surface area contributed by atoms with Crippen molar-refractivity contribution in [3.05, 3.63) is 54.0 Å². The van der Waals surface area contributed by atoms with Gasteiger partial charge in [0.2, 0.25) is 5.91 Å². The third-order valence-electron chi connectivity index (χ3n) is 5.10. The Bertz CT molecular complexity index is 699. The molecular formula is C21H28N2O3. The molecular weight excluding hydrogens is 328 g/mol. The van der Waals surface area contributed by atoms with Gasteiger partial charge in [-0.3, -0.25) is 9.69 Å². The summed E-state index contributed by atoms with van der Waals surface area (Å²) in [4.78, 5) is 16.9. The minimum absolute atomic E-state index is 0.120. The molecule has 1 aromatic heterocycles. The highest BCUT2D eigenvalue weighted by Crippen LogP contribution is 2.30. The smallest absolute Gasteiger partial charge is 0.236 e. The fourth-order valence-electron chi connectivity index (χ4n) is 3.63. The van der Waals surface area contributed by atoms with Crippen LogP contribution in [0.15, 0.2) is 47.1 Å². The number of methoxy groups -OCH3 is 1. The zero-order chi connectivity index (χ0) is 18.4. The average molecular weight is 356 g/mol. The van der Waals surface area contributed by atoms with Gasteiger partial charge in [0, 0.05) is 19.2 Å². The quantitative estimate of drug-likeness (QED) is 0.788. The summed E-state index contributed by atoms with van der Waals surface area (Å²) in [5, 5.41) is 0. The number of amides is 1. The van der Waals surface area contributed by atoms with Crippen LogP contribution in [0.3, 0.4) is 0 Å². The normalized spacial score (nSPS) is 18.3. The van der Waals surface area contributed by atoms with E-state index in [1.54, 1.807) is 18.3 Å². The maximum atomic E-state index is 12.9. The van der Waals surface area contributed by atoms with Gasteiger partial charge in [0.05, 0.1) is 26.0 Å². The molecule has 1 saturated heterocycles. The summed E-state index contributed by atoms with van der Waals surface area (Å²) in [6.45, 7) is 1.89. The van der Waals surface area contributed by atoms with Crippen molar-refractivity contribution in [3.63, 3.8) is 0 Å². The van der Waals surface area contributed by atoms with E-state index in [-0.39, 0.29) is 11.9 Å². The van der Waals surface area contributed by atoms with Crippen LogP contribution in [0.5, 0.6) is 5.75 Å². The SMILES string of the molecule is COc1ccccc1CN(C)C(=O)CN1CCCCCC1c1ccco1. The van der Waals surface area contributed by atoms with Crippen LogP contribution in [0.4, 0.5) is 0 Å². The second-order valence-electron chi connectivity index (χ2n) is 6.91. The molecule has 1 aliphatic rings. The van der Waals surface area contributed by atoms with Crippen LogP contribution in [0.1, 0.15) is 43.0 Å². The Hall–Kier alpha value is -2.27. The van der Waals surface area contributed by atoms with Crippen molar-refractivity contribution in [2.45, 2.75) is 38.3 Å². The van der Waals surface area contributed by atoms with E-state index in [1.165, 1.54) is 12.8 Å². The summed E-state index contributed by atoms with van der Waals surface area (Å²) in [6.07, 6.45) is 6.26. The number of ether oxygens (including phenoxy) is 1. The Kier molecular flexibility index (Phi) is 6.34. The molecule has 0 spiro atoms. The van der Waals surface area contributed by atoms with Crippen molar-refractivity contribution in [3.8, 4) is 5.75 Å². The third-order valence-corrected chi connectivity index (χ3v) is 5.10. The Morgan fingerprint density at radius 3 is 2.85 bits per heavy atom. The molecule has 1 aliphatic heterocycles. The monoisotopic (exact) mass is 356 g/mol. The van der Waals surface area contributed by atoms with Gasteiger partial charge in [-0.25, -0.2) is 0 Å². The molecule has 1 unspecified atom stereocenters. The number of likely N-dealkylation sites (N-methyl/N-ethyl adjacent to an activating group) is 1. The average Bonchev–Trinajstić information content (AvgIpc) is 3.09. The zero-order valence-corrected chi connectivity index (χ0v) is 15.7.